The Hall–Kier alpha value is -2.05. The van der Waals surface area contributed by atoms with Gasteiger partial charge < -0.3 is 20.0 Å². The van der Waals surface area contributed by atoms with Gasteiger partial charge in [-0.1, -0.05) is 40.2 Å². The van der Waals surface area contributed by atoms with E-state index in [1.54, 1.807) is 12.1 Å². The van der Waals surface area contributed by atoms with Crippen LogP contribution in [0.3, 0.4) is 0 Å². The van der Waals surface area contributed by atoms with Crippen molar-refractivity contribution in [3.05, 3.63) is 63.7 Å². The summed E-state index contributed by atoms with van der Waals surface area (Å²) in [4.78, 5) is 20.3. The summed E-state index contributed by atoms with van der Waals surface area (Å²) in [6, 6.07) is 10.0. The van der Waals surface area contributed by atoms with Gasteiger partial charge in [-0.25, -0.2) is 0 Å². The van der Waals surface area contributed by atoms with E-state index in [1.165, 1.54) is 27.8 Å². The number of carbonyl (C=O) groups excluding carboxylic acids is 2. The van der Waals surface area contributed by atoms with Gasteiger partial charge in [-0.3, -0.25) is 0 Å². The van der Waals surface area contributed by atoms with Gasteiger partial charge in [-0.05, 0) is 20.8 Å². The van der Waals surface area contributed by atoms with Gasteiger partial charge in [0.1, 0.15) is 5.97 Å². The number of benzene rings is 1. The predicted octanol–water partition coefficient (Wildman–Crippen LogP) is 4.26. The summed E-state index contributed by atoms with van der Waals surface area (Å²) in [5.41, 5.74) is 7.73. The van der Waals surface area contributed by atoms with Gasteiger partial charge in [0.05, 0.1) is 0 Å². The molecule has 0 saturated heterocycles. The van der Waals surface area contributed by atoms with E-state index in [1.807, 2.05) is 32.9 Å². The zero-order chi connectivity index (χ0) is 23.9. The third kappa shape index (κ3) is 11.2. The summed E-state index contributed by atoms with van der Waals surface area (Å²) < 4.78 is 31.5. The van der Waals surface area contributed by atoms with Gasteiger partial charge in [-0.15, -0.1) is 30.3 Å². The number of nitrogens with one attached hydrogen (secondary N) is 1. The normalized spacial score (nSPS) is 10.5. The van der Waals surface area contributed by atoms with Crippen LogP contribution in [-0.4, -0.2) is 23.6 Å². The van der Waals surface area contributed by atoms with Crippen LogP contribution in [0.25, 0.3) is 0 Å². The second-order valence-corrected chi connectivity index (χ2v) is 7.89. The first-order valence-electron chi connectivity index (χ1n) is 9.26. The van der Waals surface area contributed by atoms with Crippen molar-refractivity contribution in [2.24, 2.45) is 0 Å². The summed E-state index contributed by atoms with van der Waals surface area (Å²) in [5.74, 6) is -3.08. The molecule has 2 rings (SSSR count). The Kier molecular flexibility index (Phi) is 12.8. The maximum absolute atomic E-state index is 11.5. The molecule has 0 aliphatic rings. The van der Waals surface area contributed by atoms with Crippen LogP contribution in [0.1, 0.15) is 58.9 Å². The van der Waals surface area contributed by atoms with Crippen molar-refractivity contribution >= 4 is 11.9 Å². The fourth-order valence-electron chi connectivity index (χ4n) is 2.35. The molecule has 0 spiro atoms. The van der Waals surface area contributed by atoms with Crippen molar-refractivity contribution in [2.75, 3.05) is 0 Å². The van der Waals surface area contributed by atoms with Crippen molar-refractivity contribution < 1.29 is 48.0 Å². The number of carbonyl (C=O) groups is 2. The van der Waals surface area contributed by atoms with Gasteiger partial charge >= 0.3 is 26.3 Å². The zero-order valence-corrected chi connectivity index (χ0v) is 21.4. The molecule has 174 valence electrons. The SMILES string of the molecule is CC(C)(C)NC(=O)c1[c-]cccc1.Cc1c(C)c(C)[c-](C)c1C.O=C([O-])C(F)(F)F.[Ir+3]. The second-order valence-electron chi connectivity index (χ2n) is 7.89. The van der Waals surface area contributed by atoms with Crippen LogP contribution in [0.5, 0.6) is 0 Å². The van der Waals surface area contributed by atoms with E-state index in [0.29, 0.717) is 5.56 Å². The van der Waals surface area contributed by atoms with Gasteiger partial charge in [-0.2, -0.15) is 41.0 Å². The fraction of sp³-hybridized carbons (Fsp3) is 0.435. The monoisotopic (exact) mass is 617 g/mol. The third-order valence-electron chi connectivity index (χ3n) is 4.49. The zero-order valence-electron chi connectivity index (χ0n) is 19.0. The Balaban J connectivity index is 0. The fourth-order valence-corrected chi connectivity index (χ4v) is 2.35. The number of carboxylic acids is 1. The van der Waals surface area contributed by atoms with E-state index in [-0.39, 0.29) is 31.6 Å². The molecular weight excluding hydrogens is 587 g/mol. The molecule has 2 aromatic carbocycles. The maximum atomic E-state index is 11.5. The van der Waals surface area contributed by atoms with Crippen molar-refractivity contribution in [3.8, 4) is 0 Å². The van der Waals surface area contributed by atoms with Crippen LogP contribution < -0.4 is 10.4 Å². The van der Waals surface area contributed by atoms with Gasteiger partial charge in [0.15, 0.2) is 5.91 Å². The molecule has 2 aromatic rings. The summed E-state index contributed by atoms with van der Waals surface area (Å²) in [5, 5.41) is 11.6. The molecule has 8 heteroatoms. The van der Waals surface area contributed by atoms with E-state index in [9.17, 15) is 18.0 Å². The van der Waals surface area contributed by atoms with Crippen molar-refractivity contribution in [1.29, 1.82) is 0 Å². The first-order chi connectivity index (χ1) is 13.5. The molecule has 0 bridgehead atoms. The standard InChI is InChI=1S/C11H14NO.C10H15.C2HF3O2.Ir/c1-11(2,3)12-10(13)9-7-5-4-6-8-9;1-6-7(2)9(4)10(5)8(6)3;3-2(4,5)1(6)7;/h4-7H,1-3H3,(H,12,13);1-5H3;(H,6,7);/q2*-1;;+3/p-1. The minimum absolute atomic E-state index is 0. The molecule has 31 heavy (non-hydrogen) atoms. The Morgan fingerprint density at radius 1 is 1.00 bits per heavy atom. The van der Waals surface area contributed by atoms with Gasteiger partial charge in [0.25, 0.3) is 0 Å². The Labute approximate surface area is 196 Å². The van der Waals surface area contributed by atoms with E-state index in [4.69, 9.17) is 9.90 Å². The second kappa shape index (κ2) is 12.7. The van der Waals surface area contributed by atoms with E-state index < -0.39 is 12.1 Å². The quantitative estimate of drug-likeness (QED) is 0.487. The van der Waals surface area contributed by atoms with Crippen molar-refractivity contribution in [3.63, 3.8) is 0 Å². The van der Waals surface area contributed by atoms with Crippen LogP contribution in [0.15, 0.2) is 24.3 Å². The average Bonchev–Trinajstić information content (AvgIpc) is 2.79. The predicted molar refractivity (Wildman–Crippen MR) is 109 cm³/mol. The largest absolute Gasteiger partial charge is 3.00 e. The molecule has 0 atom stereocenters. The molecule has 0 unspecified atom stereocenters. The molecule has 0 aromatic heterocycles. The summed E-state index contributed by atoms with van der Waals surface area (Å²) in [6.07, 6.45) is -5.19. The van der Waals surface area contributed by atoms with E-state index in [0.717, 1.165) is 0 Å². The van der Waals surface area contributed by atoms with E-state index >= 15 is 0 Å². The minimum atomic E-state index is -5.19. The van der Waals surface area contributed by atoms with Crippen molar-refractivity contribution in [2.45, 2.75) is 67.1 Å². The topological polar surface area (TPSA) is 69.2 Å². The molecule has 0 radical (unpaired) electrons. The first-order valence-corrected chi connectivity index (χ1v) is 9.26. The number of alkyl halides is 3. The number of amides is 1. The van der Waals surface area contributed by atoms with Crippen LogP contribution >= 0.6 is 0 Å². The molecule has 4 nitrogen and oxygen atoms in total. The summed E-state index contributed by atoms with van der Waals surface area (Å²) >= 11 is 0. The van der Waals surface area contributed by atoms with Crippen LogP contribution in [0.2, 0.25) is 0 Å². The molecular formula is C23H29F3IrNO3. The summed E-state index contributed by atoms with van der Waals surface area (Å²) in [7, 11) is 0. The number of hydrogen-bond acceptors (Lipinski definition) is 3. The van der Waals surface area contributed by atoms with Gasteiger partial charge in [0, 0.05) is 5.54 Å². The van der Waals surface area contributed by atoms with Crippen LogP contribution in [0, 0.1) is 40.7 Å². The van der Waals surface area contributed by atoms with Crippen molar-refractivity contribution in [1.82, 2.24) is 5.32 Å². The number of carboxylic acid groups (broad SMARTS) is 1. The minimum Gasteiger partial charge on any atom is -0.542 e. The van der Waals surface area contributed by atoms with Crippen LogP contribution in [0.4, 0.5) is 13.2 Å². The summed E-state index contributed by atoms with van der Waals surface area (Å²) in [6.45, 7) is 16.9. The van der Waals surface area contributed by atoms with Crippen LogP contribution in [-0.2, 0) is 24.9 Å². The Morgan fingerprint density at radius 3 is 1.65 bits per heavy atom. The Morgan fingerprint density at radius 2 is 1.42 bits per heavy atom. The van der Waals surface area contributed by atoms with E-state index in [2.05, 4.69) is 46.0 Å². The Bertz CT molecular complexity index is 771. The molecule has 0 aliphatic carbocycles. The maximum Gasteiger partial charge on any atom is 3.00 e. The smallest absolute Gasteiger partial charge is 0.542 e. The first kappa shape index (κ1) is 31.1. The molecule has 1 amide bonds. The number of aliphatic carboxylic acids is 1. The number of hydrogen-bond donors (Lipinski definition) is 1. The molecule has 0 fully saturated rings. The molecule has 0 saturated carbocycles. The third-order valence-corrected chi connectivity index (χ3v) is 4.49. The molecule has 1 N–H and O–H groups in total. The van der Waals surface area contributed by atoms with Gasteiger partial charge in [0.2, 0.25) is 0 Å². The number of rotatable bonds is 1. The molecule has 0 aliphatic heterocycles. The number of halogens is 3. The average molecular weight is 617 g/mol. The molecule has 0 heterocycles.